The summed E-state index contributed by atoms with van der Waals surface area (Å²) in [5.74, 6) is -0.214. The fraction of sp³-hybridized carbons (Fsp3) is 0.310. The van der Waals surface area contributed by atoms with Crippen LogP contribution in [0.25, 0.3) is 11.1 Å². The van der Waals surface area contributed by atoms with Crippen molar-refractivity contribution < 1.29 is 14.3 Å². The van der Waals surface area contributed by atoms with Gasteiger partial charge in [-0.2, -0.15) is 5.10 Å². The molecule has 2 aromatic heterocycles. The molecular formula is C29H32N6O3S. The molecule has 0 radical (unpaired) electrons. The molecule has 2 heterocycles. The van der Waals surface area contributed by atoms with Gasteiger partial charge in [0, 0.05) is 40.4 Å². The van der Waals surface area contributed by atoms with Crippen LogP contribution in [0, 0.1) is 0 Å². The number of benzene rings is 2. The predicted molar refractivity (Wildman–Crippen MR) is 153 cm³/mol. The van der Waals surface area contributed by atoms with E-state index in [4.69, 9.17) is 10.5 Å². The standard InChI is InChI=1S/C29H32N6O3S/c1-29(2,3)38-28(37)32-23-11-12-24-25(14-23)39-27(33-24)34-26(36)20-6-4-5-18(13-20)16-35-17-21(15-31-35)19-7-9-22(30)10-8-19/h4-10,13,15,17,23H,11-12,14,16,30H2,1-3H3,(H,32,37)(H,33,34,36)/t23-/m0/s1. The van der Waals surface area contributed by atoms with Crippen molar-refractivity contribution in [3.05, 3.63) is 82.6 Å². The zero-order valence-corrected chi connectivity index (χ0v) is 23.0. The number of nitrogens with one attached hydrogen (secondary N) is 2. The number of hydrogen-bond donors (Lipinski definition) is 3. The van der Waals surface area contributed by atoms with E-state index in [0.29, 0.717) is 23.7 Å². The topological polar surface area (TPSA) is 124 Å². The van der Waals surface area contributed by atoms with E-state index in [1.807, 2.05) is 80.3 Å². The monoisotopic (exact) mass is 544 g/mol. The number of anilines is 2. The molecule has 0 unspecified atom stereocenters. The van der Waals surface area contributed by atoms with E-state index < -0.39 is 11.7 Å². The van der Waals surface area contributed by atoms with Crippen molar-refractivity contribution in [3.63, 3.8) is 0 Å². The molecular weight excluding hydrogens is 512 g/mol. The Kier molecular flexibility index (Phi) is 7.38. The third-order valence-corrected chi connectivity index (χ3v) is 7.33. The lowest BCUT2D eigenvalue weighted by molar-refractivity contribution is 0.0500. The number of rotatable bonds is 6. The van der Waals surface area contributed by atoms with Gasteiger partial charge in [-0.05, 0) is 69.0 Å². The Morgan fingerprint density at radius 2 is 1.95 bits per heavy atom. The Hall–Kier alpha value is -4.18. The van der Waals surface area contributed by atoms with Crippen molar-refractivity contribution in [3.8, 4) is 11.1 Å². The molecule has 2 aromatic carbocycles. The number of nitrogens with zero attached hydrogens (tertiary/aromatic N) is 3. The maximum Gasteiger partial charge on any atom is 0.407 e. The Labute approximate surface area is 231 Å². The van der Waals surface area contributed by atoms with Crippen LogP contribution in [-0.2, 0) is 24.1 Å². The summed E-state index contributed by atoms with van der Waals surface area (Å²) in [5.41, 5.74) is 10.5. The van der Waals surface area contributed by atoms with Crippen LogP contribution in [0.3, 0.4) is 0 Å². The number of nitrogen functional groups attached to an aromatic ring is 1. The largest absolute Gasteiger partial charge is 0.444 e. The molecule has 0 aliphatic heterocycles. The Morgan fingerprint density at radius 3 is 2.72 bits per heavy atom. The number of aromatic nitrogens is 3. The smallest absolute Gasteiger partial charge is 0.407 e. The molecule has 4 N–H and O–H groups in total. The van der Waals surface area contributed by atoms with Gasteiger partial charge in [0.2, 0.25) is 0 Å². The Bertz CT molecular complexity index is 1490. The van der Waals surface area contributed by atoms with Crippen molar-refractivity contribution in [1.29, 1.82) is 0 Å². The second-order valence-corrected chi connectivity index (χ2v) is 11.8. The molecule has 1 aliphatic rings. The number of hydrogen-bond acceptors (Lipinski definition) is 7. The first-order chi connectivity index (χ1) is 18.6. The summed E-state index contributed by atoms with van der Waals surface area (Å²) in [7, 11) is 0. The van der Waals surface area contributed by atoms with Crippen molar-refractivity contribution in [1.82, 2.24) is 20.1 Å². The fourth-order valence-corrected chi connectivity index (χ4v) is 5.55. The molecule has 4 aromatic rings. The maximum absolute atomic E-state index is 13.0. The van der Waals surface area contributed by atoms with Gasteiger partial charge in [-0.15, -0.1) is 11.3 Å². The zero-order valence-electron chi connectivity index (χ0n) is 22.2. The van der Waals surface area contributed by atoms with E-state index in [1.54, 1.807) is 6.07 Å². The summed E-state index contributed by atoms with van der Waals surface area (Å²) >= 11 is 1.45. The summed E-state index contributed by atoms with van der Waals surface area (Å²) in [6, 6.07) is 15.2. The number of aryl methyl sites for hydroxylation is 1. The fourth-order valence-electron chi connectivity index (χ4n) is 4.47. The number of nitrogens with two attached hydrogens (primary N) is 1. The van der Waals surface area contributed by atoms with Gasteiger partial charge in [0.25, 0.3) is 5.91 Å². The molecule has 2 amide bonds. The molecule has 0 saturated carbocycles. The molecule has 0 saturated heterocycles. The van der Waals surface area contributed by atoms with E-state index >= 15 is 0 Å². The first-order valence-corrected chi connectivity index (χ1v) is 13.7. The second-order valence-electron chi connectivity index (χ2n) is 10.7. The molecule has 0 spiro atoms. The number of ether oxygens (including phenoxy) is 1. The second kappa shape index (κ2) is 10.9. The summed E-state index contributed by atoms with van der Waals surface area (Å²) < 4.78 is 7.23. The minimum absolute atomic E-state index is 0.0177. The summed E-state index contributed by atoms with van der Waals surface area (Å²) in [5, 5.41) is 10.9. The van der Waals surface area contributed by atoms with Gasteiger partial charge in [-0.25, -0.2) is 9.78 Å². The van der Waals surface area contributed by atoms with E-state index in [0.717, 1.165) is 45.8 Å². The van der Waals surface area contributed by atoms with Crippen LogP contribution in [0.4, 0.5) is 15.6 Å². The first-order valence-electron chi connectivity index (χ1n) is 12.9. The van der Waals surface area contributed by atoms with E-state index in [1.165, 1.54) is 11.3 Å². The van der Waals surface area contributed by atoms with Crippen molar-refractivity contribution in [2.45, 2.75) is 58.2 Å². The molecule has 1 aliphatic carbocycles. The first kappa shape index (κ1) is 26.4. The van der Waals surface area contributed by atoms with Crippen LogP contribution in [0.5, 0.6) is 0 Å². The van der Waals surface area contributed by atoms with Crippen LogP contribution in [0.1, 0.15) is 53.7 Å². The molecule has 39 heavy (non-hydrogen) atoms. The Morgan fingerprint density at radius 1 is 1.15 bits per heavy atom. The molecule has 5 rings (SSSR count). The van der Waals surface area contributed by atoms with Gasteiger partial charge < -0.3 is 15.8 Å². The number of thiazole rings is 1. The predicted octanol–water partition coefficient (Wildman–Crippen LogP) is 5.27. The van der Waals surface area contributed by atoms with E-state index in [-0.39, 0.29) is 11.9 Å². The van der Waals surface area contributed by atoms with E-state index in [2.05, 4.69) is 20.7 Å². The number of alkyl carbamates (subject to hydrolysis) is 1. The lowest BCUT2D eigenvalue weighted by Crippen LogP contribution is -2.41. The minimum Gasteiger partial charge on any atom is -0.444 e. The Balaban J connectivity index is 1.20. The third-order valence-electron chi connectivity index (χ3n) is 6.29. The SMILES string of the molecule is CC(C)(C)OC(=O)N[C@H]1CCc2nc(NC(=O)c3cccc(Cn4cc(-c5ccc(N)cc5)cn4)c3)sc2C1. The lowest BCUT2D eigenvalue weighted by atomic mass is 9.98. The van der Waals surface area contributed by atoms with Crippen molar-refractivity contribution in [2.75, 3.05) is 11.1 Å². The average Bonchev–Trinajstić information content (AvgIpc) is 3.49. The highest BCUT2D eigenvalue weighted by atomic mass is 32.1. The van der Waals surface area contributed by atoms with Crippen molar-refractivity contribution in [2.24, 2.45) is 0 Å². The quantitative estimate of drug-likeness (QED) is 0.284. The summed E-state index contributed by atoms with van der Waals surface area (Å²) in [6.07, 6.45) is 5.56. The van der Waals surface area contributed by atoms with Gasteiger partial charge in [0.15, 0.2) is 5.13 Å². The van der Waals surface area contributed by atoms with Gasteiger partial charge in [0.1, 0.15) is 5.60 Å². The molecule has 0 fully saturated rings. The number of fused-ring (bicyclic) bond motifs is 1. The van der Waals surface area contributed by atoms with Crippen LogP contribution in [0.15, 0.2) is 60.9 Å². The molecule has 10 heteroatoms. The third kappa shape index (κ3) is 6.83. The van der Waals surface area contributed by atoms with E-state index in [9.17, 15) is 9.59 Å². The molecule has 0 bridgehead atoms. The number of carbonyl (C=O) groups is 2. The molecule has 202 valence electrons. The van der Waals surface area contributed by atoms with Gasteiger partial charge in [0.05, 0.1) is 18.4 Å². The molecule has 1 atom stereocenters. The number of carbonyl (C=O) groups excluding carboxylic acids is 2. The number of amides is 2. The van der Waals surface area contributed by atoms with Crippen LogP contribution in [-0.4, -0.2) is 38.4 Å². The van der Waals surface area contributed by atoms with Crippen LogP contribution in [0.2, 0.25) is 0 Å². The van der Waals surface area contributed by atoms with Gasteiger partial charge >= 0.3 is 6.09 Å². The van der Waals surface area contributed by atoms with Gasteiger partial charge in [-0.1, -0.05) is 24.3 Å². The highest BCUT2D eigenvalue weighted by Crippen LogP contribution is 2.30. The zero-order chi connectivity index (χ0) is 27.6. The normalized spacial score (nSPS) is 14.9. The van der Waals surface area contributed by atoms with Crippen LogP contribution < -0.4 is 16.4 Å². The highest BCUT2D eigenvalue weighted by molar-refractivity contribution is 7.15. The van der Waals surface area contributed by atoms with Gasteiger partial charge in [-0.3, -0.25) is 14.8 Å². The summed E-state index contributed by atoms with van der Waals surface area (Å²) in [4.78, 5) is 30.9. The molecule has 9 nitrogen and oxygen atoms in total. The van der Waals surface area contributed by atoms with Crippen molar-refractivity contribution >= 4 is 34.2 Å². The maximum atomic E-state index is 13.0. The average molecular weight is 545 g/mol. The minimum atomic E-state index is -0.540. The highest BCUT2D eigenvalue weighted by Gasteiger charge is 2.26. The lowest BCUT2D eigenvalue weighted by Gasteiger charge is -2.25. The summed E-state index contributed by atoms with van der Waals surface area (Å²) in [6.45, 7) is 6.06. The van der Waals surface area contributed by atoms with Crippen LogP contribution >= 0.6 is 11.3 Å².